The van der Waals surface area contributed by atoms with E-state index in [1.165, 1.54) is 10.6 Å². The Kier molecular flexibility index (Phi) is 4.12. The first-order valence-electron chi connectivity index (χ1n) is 6.65. The minimum Gasteiger partial charge on any atom is -0.384 e. The lowest BCUT2D eigenvalue weighted by Gasteiger charge is -2.38. The lowest BCUT2D eigenvalue weighted by molar-refractivity contribution is 0.139. The molecule has 0 bridgehead atoms. The lowest BCUT2D eigenvalue weighted by atomic mass is 9.96. The molecule has 0 atom stereocenters. The first-order chi connectivity index (χ1) is 9.85. The van der Waals surface area contributed by atoms with Crippen LogP contribution in [0.4, 0.5) is 0 Å². The van der Waals surface area contributed by atoms with Crippen LogP contribution >= 0.6 is 11.3 Å². The number of pyridine rings is 1. The van der Waals surface area contributed by atoms with Crippen molar-refractivity contribution >= 4 is 11.3 Å². The fraction of sp³-hybridized carbons (Fsp3) is 0.312. The molecule has 0 saturated carbocycles. The van der Waals surface area contributed by atoms with Crippen LogP contribution in [-0.2, 0) is 6.54 Å². The molecule has 0 spiro atoms. The average Bonchev–Trinajstić information content (AvgIpc) is 2.89. The van der Waals surface area contributed by atoms with Gasteiger partial charge in [0.05, 0.1) is 0 Å². The number of aromatic nitrogens is 1. The predicted octanol–water partition coefficient (Wildman–Crippen LogP) is 2.09. The molecule has 0 aromatic carbocycles. The Morgan fingerprint density at radius 1 is 1.40 bits per heavy atom. The molecule has 3 nitrogen and oxygen atoms in total. The molecule has 4 heteroatoms. The van der Waals surface area contributed by atoms with Gasteiger partial charge in [0.1, 0.15) is 6.61 Å². The SMILES string of the molecule is OCC#Cc1csc(CN2CC(c3ccccn3)C2)c1. The highest BCUT2D eigenvalue weighted by Crippen LogP contribution is 2.28. The van der Waals surface area contributed by atoms with Gasteiger partial charge < -0.3 is 5.11 Å². The van der Waals surface area contributed by atoms with Gasteiger partial charge in [0, 0.05) is 53.3 Å². The van der Waals surface area contributed by atoms with Crippen LogP contribution in [0.15, 0.2) is 35.8 Å². The molecule has 3 heterocycles. The van der Waals surface area contributed by atoms with Crippen molar-refractivity contribution in [2.45, 2.75) is 12.5 Å². The van der Waals surface area contributed by atoms with E-state index in [4.69, 9.17) is 5.11 Å². The third-order valence-corrected chi connectivity index (χ3v) is 4.33. The maximum atomic E-state index is 8.68. The molecular weight excluding hydrogens is 268 g/mol. The highest BCUT2D eigenvalue weighted by molar-refractivity contribution is 7.10. The number of aliphatic hydroxyl groups excluding tert-OH is 1. The molecule has 0 aliphatic carbocycles. The van der Waals surface area contributed by atoms with Crippen molar-refractivity contribution in [3.63, 3.8) is 0 Å². The molecule has 0 amide bonds. The van der Waals surface area contributed by atoms with Crippen LogP contribution in [0, 0.1) is 11.8 Å². The second-order valence-corrected chi connectivity index (χ2v) is 5.90. The molecule has 1 aliphatic heterocycles. The van der Waals surface area contributed by atoms with E-state index in [2.05, 4.69) is 39.9 Å². The maximum Gasteiger partial charge on any atom is 0.104 e. The minimum atomic E-state index is -0.0803. The molecule has 2 aromatic rings. The highest BCUT2D eigenvalue weighted by atomic mass is 32.1. The van der Waals surface area contributed by atoms with E-state index in [1.807, 2.05) is 17.6 Å². The van der Waals surface area contributed by atoms with E-state index in [0.717, 1.165) is 25.2 Å². The van der Waals surface area contributed by atoms with Crippen LogP contribution in [0.2, 0.25) is 0 Å². The van der Waals surface area contributed by atoms with Crippen molar-refractivity contribution in [2.24, 2.45) is 0 Å². The van der Waals surface area contributed by atoms with Crippen LogP contribution in [-0.4, -0.2) is 34.7 Å². The van der Waals surface area contributed by atoms with Crippen LogP contribution in [0.25, 0.3) is 0 Å². The van der Waals surface area contributed by atoms with Gasteiger partial charge in [-0.25, -0.2) is 0 Å². The van der Waals surface area contributed by atoms with Gasteiger partial charge in [-0.05, 0) is 18.2 Å². The molecule has 2 aromatic heterocycles. The maximum absolute atomic E-state index is 8.68. The summed E-state index contributed by atoms with van der Waals surface area (Å²) >= 11 is 1.73. The molecule has 3 rings (SSSR count). The molecule has 1 fully saturated rings. The quantitative estimate of drug-likeness (QED) is 0.877. The standard InChI is InChI=1S/C16H16N2OS/c19-7-3-4-13-8-15(20-12-13)11-18-9-14(10-18)16-5-1-2-6-17-16/h1-2,5-6,8,12,14,19H,7,9-11H2. The van der Waals surface area contributed by atoms with Gasteiger partial charge in [0.2, 0.25) is 0 Å². The summed E-state index contributed by atoms with van der Waals surface area (Å²) in [5.41, 5.74) is 2.20. The van der Waals surface area contributed by atoms with Gasteiger partial charge in [-0.2, -0.15) is 0 Å². The molecule has 0 unspecified atom stereocenters. The summed E-state index contributed by atoms with van der Waals surface area (Å²) in [6.07, 6.45) is 1.86. The molecule has 1 saturated heterocycles. The molecule has 1 N–H and O–H groups in total. The van der Waals surface area contributed by atoms with E-state index in [-0.39, 0.29) is 6.61 Å². The lowest BCUT2D eigenvalue weighted by Crippen LogP contribution is -2.44. The van der Waals surface area contributed by atoms with Crippen molar-refractivity contribution < 1.29 is 5.11 Å². The Morgan fingerprint density at radius 3 is 3.05 bits per heavy atom. The number of hydrogen-bond donors (Lipinski definition) is 1. The Bertz CT molecular complexity index is 621. The number of hydrogen-bond acceptors (Lipinski definition) is 4. The van der Waals surface area contributed by atoms with Gasteiger partial charge in [-0.3, -0.25) is 9.88 Å². The van der Waals surface area contributed by atoms with Gasteiger partial charge in [-0.1, -0.05) is 17.9 Å². The van der Waals surface area contributed by atoms with E-state index in [0.29, 0.717) is 5.92 Å². The summed E-state index contributed by atoms with van der Waals surface area (Å²) in [6.45, 7) is 3.05. The Labute approximate surface area is 122 Å². The second-order valence-electron chi connectivity index (χ2n) is 4.91. The monoisotopic (exact) mass is 284 g/mol. The first-order valence-corrected chi connectivity index (χ1v) is 7.53. The molecule has 0 radical (unpaired) electrons. The topological polar surface area (TPSA) is 36.4 Å². The summed E-state index contributed by atoms with van der Waals surface area (Å²) in [5.74, 6) is 6.19. The van der Waals surface area contributed by atoms with Gasteiger partial charge in [-0.15, -0.1) is 11.3 Å². The normalized spacial score (nSPS) is 15.4. The van der Waals surface area contributed by atoms with Crippen molar-refractivity contribution in [1.82, 2.24) is 9.88 Å². The van der Waals surface area contributed by atoms with Crippen LogP contribution in [0.1, 0.15) is 22.1 Å². The summed E-state index contributed by atoms with van der Waals surface area (Å²) < 4.78 is 0. The fourth-order valence-electron chi connectivity index (χ4n) is 2.39. The predicted molar refractivity (Wildman–Crippen MR) is 80.5 cm³/mol. The zero-order valence-corrected chi connectivity index (χ0v) is 11.9. The van der Waals surface area contributed by atoms with Crippen molar-refractivity contribution in [3.05, 3.63) is 52.0 Å². The van der Waals surface area contributed by atoms with Gasteiger partial charge in [0.25, 0.3) is 0 Å². The van der Waals surface area contributed by atoms with Crippen molar-refractivity contribution in [1.29, 1.82) is 0 Å². The van der Waals surface area contributed by atoms with Crippen LogP contribution < -0.4 is 0 Å². The fourth-order valence-corrected chi connectivity index (χ4v) is 3.25. The number of aliphatic hydroxyl groups is 1. The first kappa shape index (κ1) is 13.3. The number of thiophene rings is 1. The number of rotatable bonds is 3. The zero-order chi connectivity index (χ0) is 13.8. The van der Waals surface area contributed by atoms with E-state index >= 15 is 0 Å². The van der Waals surface area contributed by atoms with Crippen LogP contribution in [0.5, 0.6) is 0 Å². The largest absolute Gasteiger partial charge is 0.384 e. The molecular formula is C16H16N2OS. The van der Waals surface area contributed by atoms with Crippen molar-refractivity contribution in [2.75, 3.05) is 19.7 Å². The smallest absolute Gasteiger partial charge is 0.104 e. The summed E-state index contributed by atoms with van der Waals surface area (Å²) in [5, 5.41) is 10.7. The van der Waals surface area contributed by atoms with Crippen LogP contribution in [0.3, 0.4) is 0 Å². The Balaban J connectivity index is 1.53. The summed E-state index contributed by atoms with van der Waals surface area (Å²) in [7, 11) is 0. The number of nitrogens with zero attached hydrogens (tertiary/aromatic N) is 2. The molecule has 1 aliphatic rings. The molecule has 102 valence electrons. The zero-order valence-electron chi connectivity index (χ0n) is 11.1. The van der Waals surface area contributed by atoms with E-state index < -0.39 is 0 Å². The van der Waals surface area contributed by atoms with Gasteiger partial charge >= 0.3 is 0 Å². The number of likely N-dealkylation sites (tertiary alicyclic amines) is 1. The van der Waals surface area contributed by atoms with Crippen molar-refractivity contribution in [3.8, 4) is 11.8 Å². The third kappa shape index (κ3) is 3.07. The summed E-state index contributed by atoms with van der Waals surface area (Å²) in [6, 6.07) is 8.23. The minimum absolute atomic E-state index is 0.0803. The molecule has 20 heavy (non-hydrogen) atoms. The average molecular weight is 284 g/mol. The third-order valence-electron chi connectivity index (χ3n) is 3.41. The second kappa shape index (κ2) is 6.19. The van der Waals surface area contributed by atoms with Gasteiger partial charge in [0.15, 0.2) is 0 Å². The highest BCUT2D eigenvalue weighted by Gasteiger charge is 2.28. The Hall–Kier alpha value is -1.67. The summed E-state index contributed by atoms with van der Waals surface area (Å²) in [4.78, 5) is 8.16. The van der Waals surface area contributed by atoms with E-state index in [9.17, 15) is 0 Å². The Morgan fingerprint density at radius 2 is 2.30 bits per heavy atom. The van der Waals surface area contributed by atoms with E-state index in [1.54, 1.807) is 11.3 Å².